The molecule has 2 aromatic rings. The van der Waals surface area contributed by atoms with E-state index in [0.29, 0.717) is 38.4 Å². The van der Waals surface area contributed by atoms with E-state index in [4.69, 9.17) is 4.42 Å². The van der Waals surface area contributed by atoms with Gasteiger partial charge >= 0.3 is 0 Å². The summed E-state index contributed by atoms with van der Waals surface area (Å²) in [6, 6.07) is 9.89. The summed E-state index contributed by atoms with van der Waals surface area (Å²) in [5, 5.41) is 0. The van der Waals surface area contributed by atoms with E-state index < -0.39 is 19.9 Å². The van der Waals surface area contributed by atoms with Crippen molar-refractivity contribution < 1.29 is 26.0 Å². The predicted molar refractivity (Wildman–Crippen MR) is 123 cm³/mol. The van der Waals surface area contributed by atoms with Crippen LogP contribution in [0.1, 0.15) is 17.7 Å². The second kappa shape index (κ2) is 9.57. The Morgan fingerprint density at radius 1 is 1.12 bits per heavy atom. The Morgan fingerprint density at radius 3 is 2.39 bits per heavy atom. The maximum absolute atomic E-state index is 13.3. The van der Waals surface area contributed by atoms with E-state index in [1.165, 1.54) is 6.26 Å². The van der Waals surface area contributed by atoms with Crippen molar-refractivity contribution in [1.82, 2.24) is 14.1 Å². The van der Waals surface area contributed by atoms with E-state index in [0.717, 1.165) is 9.87 Å². The summed E-state index contributed by atoms with van der Waals surface area (Å²) in [4.78, 5) is 17.0. The van der Waals surface area contributed by atoms with E-state index in [9.17, 15) is 21.6 Å². The van der Waals surface area contributed by atoms with Gasteiger partial charge in [-0.2, -0.15) is 4.31 Å². The van der Waals surface area contributed by atoms with Crippen molar-refractivity contribution in [2.24, 2.45) is 0 Å². The van der Waals surface area contributed by atoms with Crippen LogP contribution < -0.4 is 0 Å². The fourth-order valence-corrected chi connectivity index (χ4v) is 7.43. The molecule has 33 heavy (non-hydrogen) atoms. The zero-order valence-electron chi connectivity index (χ0n) is 18.6. The van der Waals surface area contributed by atoms with Crippen molar-refractivity contribution >= 4 is 25.8 Å². The first-order valence-electron chi connectivity index (χ1n) is 11.0. The van der Waals surface area contributed by atoms with E-state index in [1.54, 1.807) is 41.3 Å². The molecular formula is C22H29N3O6S2. The number of sulfone groups is 1. The molecule has 2 saturated heterocycles. The molecular weight excluding hydrogens is 466 g/mol. The van der Waals surface area contributed by atoms with Gasteiger partial charge in [0.05, 0.1) is 35.8 Å². The van der Waals surface area contributed by atoms with Gasteiger partial charge in [-0.15, -0.1) is 0 Å². The SMILES string of the molecule is Cc1ccc(S(=O)(=O)N(CC(=O)N2CCN([C@H]3CCS(=O)(=O)C3)CC2)Cc2ccco2)cc1. The first-order valence-corrected chi connectivity index (χ1v) is 14.2. The molecule has 0 N–H and O–H groups in total. The summed E-state index contributed by atoms with van der Waals surface area (Å²) >= 11 is 0. The van der Waals surface area contributed by atoms with Crippen LogP contribution in [0.25, 0.3) is 0 Å². The van der Waals surface area contributed by atoms with Crippen molar-refractivity contribution in [3.05, 3.63) is 54.0 Å². The van der Waals surface area contributed by atoms with Crippen molar-refractivity contribution in [3.8, 4) is 0 Å². The van der Waals surface area contributed by atoms with Gasteiger partial charge in [-0.25, -0.2) is 16.8 Å². The van der Waals surface area contributed by atoms with Gasteiger partial charge in [-0.1, -0.05) is 17.7 Å². The van der Waals surface area contributed by atoms with Crippen LogP contribution in [0.4, 0.5) is 0 Å². The maximum Gasteiger partial charge on any atom is 0.243 e. The number of carbonyl (C=O) groups is 1. The minimum Gasteiger partial charge on any atom is -0.468 e. The number of furan rings is 1. The van der Waals surface area contributed by atoms with Gasteiger partial charge in [0.15, 0.2) is 9.84 Å². The standard InChI is InChI=1S/C22H29N3O6S2/c1-18-4-6-21(7-5-18)33(29,30)25(15-20-3-2-13-31-20)16-22(26)24-11-9-23(10-12-24)19-8-14-32(27,28)17-19/h2-7,13,19H,8-12,14-17H2,1H3/t19-/m0/s1. The molecule has 180 valence electrons. The van der Waals surface area contributed by atoms with Crippen molar-refractivity contribution in [2.75, 3.05) is 44.2 Å². The number of hydrogen-bond acceptors (Lipinski definition) is 7. The zero-order valence-corrected chi connectivity index (χ0v) is 20.2. The molecule has 0 bridgehead atoms. The molecule has 1 aromatic heterocycles. The van der Waals surface area contributed by atoms with Gasteiger partial charge in [0.25, 0.3) is 0 Å². The summed E-state index contributed by atoms with van der Waals surface area (Å²) in [5.41, 5.74) is 0.940. The van der Waals surface area contributed by atoms with E-state index in [1.807, 2.05) is 6.92 Å². The van der Waals surface area contributed by atoms with E-state index >= 15 is 0 Å². The molecule has 0 aliphatic carbocycles. The lowest BCUT2D eigenvalue weighted by atomic mass is 10.2. The Labute approximate surface area is 194 Å². The number of amides is 1. The number of carbonyl (C=O) groups excluding carboxylic acids is 1. The molecule has 1 aromatic carbocycles. The number of aryl methyl sites for hydroxylation is 1. The fraction of sp³-hybridized carbons (Fsp3) is 0.500. The minimum absolute atomic E-state index is 0.00428. The average Bonchev–Trinajstić information content (AvgIpc) is 3.42. The summed E-state index contributed by atoms with van der Waals surface area (Å²) in [7, 11) is -6.88. The molecule has 2 aliphatic rings. The Balaban J connectivity index is 1.44. The van der Waals surface area contributed by atoms with Crippen LogP contribution in [-0.4, -0.2) is 87.1 Å². The molecule has 4 rings (SSSR count). The van der Waals surface area contributed by atoms with Crippen LogP contribution in [0.15, 0.2) is 52.0 Å². The molecule has 2 fully saturated rings. The molecule has 0 unspecified atom stereocenters. The van der Waals surface area contributed by atoms with Crippen LogP contribution in [-0.2, 0) is 31.2 Å². The monoisotopic (exact) mass is 495 g/mol. The predicted octanol–water partition coefficient (Wildman–Crippen LogP) is 1.11. The van der Waals surface area contributed by atoms with Gasteiger partial charge in [0.1, 0.15) is 5.76 Å². The van der Waals surface area contributed by atoms with Crippen LogP contribution in [0.3, 0.4) is 0 Å². The number of benzene rings is 1. The lowest BCUT2D eigenvalue weighted by Crippen LogP contribution is -2.54. The molecule has 11 heteroatoms. The highest BCUT2D eigenvalue weighted by Crippen LogP contribution is 2.21. The second-order valence-corrected chi connectivity index (χ2v) is 12.8. The van der Waals surface area contributed by atoms with Crippen LogP contribution >= 0.6 is 0 Å². The van der Waals surface area contributed by atoms with Crippen LogP contribution in [0.5, 0.6) is 0 Å². The third-order valence-corrected chi connectivity index (χ3v) is 9.83. The van der Waals surface area contributed by atoms with Crippen LogP contribution in [0.2, 0.25) is 0 Å². The lowest BCUT2D eigenvalue weighted by molar-refractivity contribution is -0.133. The molecule has 2 aliphatic heterocycles. The molecule has 9 nitrogen and oxygen atoms in total. The average molecular weight is 496 g/mol. The van der Waals surface area contributed by atoms with E-state index in [2.05, 4.69) is 4.90 Å². The van der Waals surface area contributed by atoms with Gasteiger partial charge in [-0.3, -0.25) is 9.69 Å². The van der Waals surface area contributed by atoms with Crippen molar-refractivity contribution in [2.45, 2.75) is 30.8 Å². The Bertz CT molecular complexity index is 1170. The number of piperazine rings is 1. The van der Waals surface area contributed by atoms with Gasteiger partial charge in [-0.05, 0) is 37.6 Å². The third-order valence-electron chi connectivity index (χ3n) is 6.27. The second-order valence-electron chi connectivity index (χ2n) is 8.64. The Kier molecular flexibility index (Phi) is 6.94. The molecule has 1 atom stereocenters. The minimum atomic E-state index is -3.92. The number of sulfonamides is 1. The smallest absolute Gasteiger partial charge is 0.243 e. The molecule has 3 heterocycles. The topological polar surface area (TPSA) is 108 Å². The van der Waals surface area contributed by atoms with Crippen LogP contribution in [0, 0.1) is 6.92 Å². The molecule has 1 amide bonds. The number of rotatable bonds is 7. The fourth-order valence-electron chi connectivity index (χ4n) is 4.31. The highest BCUT2D eigenvalue weighted by molar-refractivity contribution is 7.91. The van der Waals surface area contributed by atoms with Crippen molar-refractivity contribution in [3.63, 3.8) is 0 Å². The normalized spacial score (nSPS) is 21.5. The van der Waals surface area contributed by atoms with E-state index in [-0.39, 0.29) is 41.4 Å². The molecule has 0 radical (unpaired) electrons. The summed E-state index contributed by atoms with van der Waals surface area (Å²) in [6.07, 6.45) is 2.10. The first-order chi connectivity index (χ1) is 15.6. The summed E-state index contributed by atoms with van der Waals surface area (Å²) in [6.45, 7) is 3.57. The quantitative estimate of drug-likeness (QED) is 0.566. The number of hydrogen-bond donors (Lipinski definition) is 0. The van der Waals surface area contributed by atoms with Gasteiger partial charge in [0, 0.05) is 32.2 Å². The summed E-state index contributed by atoms with van der Waals surface area (Å²) in [5.74, 6) is 0.559. The lowest BCUT2D eigenvalue weighted by Gasteiger charge is -2.38. The largest absolute Gasteiger partial charge is 0.468 e. The van der Waals surface area contributed by atoms with Crippen molar-refractivity contribution in [1.29, 1.82) is 0 Å². The first kappa shape index (κ1) is 23.9. The third kappa shape index (κ3) is 5.65. The maximum atomic E-state index is 13.3. The van der Waals surface area contributed by atoms with Gasteiger partial charge < -0.3 is 9.32 Å². The highest BCUT2D eigenvalue weighted by atomic mass is 32.2. The number of nitrogens with zero attached hydrogens (tertiary/aromatic N) is 3. The molecule has 0 spiro atoms. The Hall–Kier alpha value is -2.21. The molecule has 0 saturated carbocycles. The Morgan fingerprint density at radius 2 is 1.82 bits per heavy atom. The highest BCUT2D eigenvalue weighted by Gasteiger charge is 2.35. The van der Waals surface area contributed by atoms with Gasteiger partial charge in [0.2, 0.25) is 15.9 Å². The zero-order chi connectivity index (χ0) is 23.6. The summed E-state index contributed by atoms with van der Waals surface area (Å²) < 4.78 is 56.7.